The Kier molecular flexibility index (Phi) is 6.08. The summed E-state index contributed by atoms with van der Waals surface area (Å²) in [4.78, 5) is 10.6. The summed E-state index contributed by atoms with van der Waals surface area (Å²) >= 11 is 0. The maximum atomic E-state index is 11.9. The third kappa shape index (κ3) is 5.82. The lowest BCUT2D eigenvalue weighted by atomic mass is 9.91. The molecule has 1 saturated carbocycles. The molecule has 1 fully saturated rings. The highest BCUT2D eigenvalue weighted by Crippen LogP contribution is 2.24. The number of hydrogen-bond acceptors (Lipinski definition) is 3. The van der Waals surface area contributed by atoms with Gasteiger partial charge < -0.3 is 5.11 Å². The summed E-state index contributed by atoms with van der Waals surface area (Å²) in [5.74, 6) is -0.593. The summed E-state index contributed by atoms with van der Waals surface area (Å²) in [6.45, 7) is 1.79. The Balaban J connectivity index is 2.48. The molecule has 6 heteroatoms. The number of nitrogens with one attached hydrogen (secondary N) is 1. The van der Waals surface area contributed by atoms with E-state index in [-0.39, 0.29) is 18.1 Å². The molecule has 0 amide bonds. The van der Waals surface area contributed by atoms with Crippen molar-refractivity contribution in [3.8, 4) is 0 Å². The lowest BCUT2D eigenvalue weighted by Crippen LogP contribution is -2.39. The summed E-state index contributed by atoms with van der Waals surface area (Å²) in [6.07, 6.45) is 5.68. The van der Waals surface area contributed by atoms with Gasteiger partial charge in [0.1, 0.15) is 0 Å². The third-order valence-corrected chi connectivity index (χ3v) is 5.04. The van der Waals surface area contributed by atoms with E-state index in [0.717, 1.165) is 25.7 Å². The quantitative estimate of drug-likeness (QED) is 0.742. The number of sulfonamides is 1. The van der Waals surface area contributed by atoms with Crippen molar-refractivity contribution in [1.82, 2.24) is 4.72 Å². The molecule has 0 aromatic heterocycles. The van der Waals surface area contributed by atoms with Crippen molar-refractivity contribution >= 4 is 16.0 Å². The Morgan fingerprint density at radius 2 is 1.94 bits per heavy atom. The monoisotopic (exact) mass is 277 g/mol. The van der Waals surface area contributed by atoms with Crippen LogP contribution < -0.4 is 4.72 Å². The van der Waals surface area contributed by atoms with Gasteiger partial charge in [0.2, 0.25) is 10.0 Å². The zero-order valence-electron chi connectivity index (χ0n) is 10.9. The van der Waals surface area contributed by atoms with E-state index in [4.69, 9.17) is 5.11 Å². The van der Waals surface area contributed by atoms with E-state index in [9.17, 15) is 13.2 Å². The molecule has 1 rings (SSSR count). The van der Waals surface area contributed by atoms with Gasteiger partial charge in [0, 0.05) is 6.04 Å². The Morgan fingerprint density at radius 3 is 2.44 bits per heavy atom. The Hall–Kier alpha value is -0.620. The van der Waals surface area contributed by atoms with Crippen LogP contribution in [-0.2, 0) is 14.8 Å². The SMILES string of the molecule is CCC(CC(=O)O)NS(=O)(=O)CC1CCCCC1. The Morgan fingerprint density at radius 1 is 1.33 bits per heavy atom. The highest BCUT2D eigenvalue weighted by Gasteiger charge is 2.24. The number of carboxylic acid groups (broad SMARTS) is 1. The van der Waals surface area contributed by atoms with Gasteiger partial charge in [0.25, 0.3) is 0 Å². The molecule has 0 saturated heterocycles. The van der Waals surface area contributed by atoms with Crippen molar-refractivity contribution in [3.63, 3.8) is 0 Å². The molecular formula is C12H23NO4S. The predicted octanol–water partition coefficient (Wildman–Crippen LogP) is 1.74. The van der Waals surface area contributed by atoms with Crippen LogP contribution in [0.2, 0.25) is 0 Å². The molecule has 1 aliphatic carbocycles. The van der Waals surface area contributed by atoms with Crippen LogP contribution in [-0.4, -0.2) is 31.3 Å². The summed E-state index contributed by atoms with van der Waals surface area (Å²) in [5.41, 5.74) is 0. The maximum absolute atomic E-state index is 11.9. The first kappa shape index (κ1) is 15.4. The standard InChI is InChI=1S/C12H23NO4S/c1-2-11(8-12(14)15)13-18(16,17)9-10-6-4-3-5-7-10/h10-11,13H,2-9H2,1H3,(H,14,15). The highest BCUT2D eigenvalue weighted by molar-refractivity contribution is 7.89. The smallest absolute Gasteiger partial charge is 0.304 e. The van der Waals surface area contributed by atoms with E-state index < -0.39 is 22.0 Å². The van der Waals surface area contributed by atoms with E-state index in [1.807, 2.05) is 0 Å². The van der Waals surface area contributed by atoms with Gasteiger partial charge in [-0.15, -0.1) is 0 Å². The average Bonchev–Trinajstić information content (AvgIpc) is 2.27. The van der Waals surface area contributed by atoms with Crippen molar-refractivity contribution in [1.29, 1.82) is 0 Å². The normalized spacial score (nSPS) is 19.6. The fourth-order valence-corrected chi connectivity index (χ4v) is 4.25. The molecule has 106 valence electrons. The summed E-state index contributed by atoms with van der Waals surface area (Å²) in [7, 11) is -3.35. The molecule has 0 radical (unpaired) electrons. The van der Waals surface area contributed by atoms with Crippen LogP contribution in [0.4, 0.5) is 0 Å². The summed E-state index contributed by atoms with van der Waals surface area (Å²) in [6, 6.07) is -0.490. The molecule has 1 aliphatic rings. The van der Waals surface area contributed by atoms with Crippen LogP contribution in [0.5, 0.6) is 0 Å². The van der Waals surface area contributed by atoms with Crippen LogP contribution in [0.25, 0.3) is 0 Å². The second-order valence-corrected chi connectivity index (χ2v) is 6.90. The number of hydrogen-bond donors (Lipinski definition) is 2. The van der Waals surface area contributed by atoms with Crippen molar-refractivity contribution in [2.45, 2.75) is 57.9 Å². The van der Waals surface area contributed by atoms with Crippen LogP contribution in [0.1, 0.15) is 51.9 Å². The van der Waals surface area contributed by atoms with E-state index in [0.29, 0.717) is 6.42 Å². The van der Waals surface area contributed by atoms with Crippen LogP contribution in [0, 0.1) is 5.92 Å². The fraction of sp³-hybridized carbons (Fsp3) is 0.917. The molecule has 0 spiro atoms. The van der Waals surface area contributed by atoms with Crippen LogP contribution in [0.3, 0.4) is 0 Å². The third-order valence-electron chi connectivity index (χ3n) is 3.44. The Bertz CT molecular complexity index is 360. The Labute approximate surface area is 109 Å². The van der Waals surface area contributed by atoms with Gasteiger partial charge >= 0.3 is 5.97 Å². The van der Waals surface area contributed by atoms with E-state index in [1.54, 1.807) is 6.92 Å². The minimum Gasteiger partial charge on any atom is -0.481 e. The van der Waals surface area contributed by atoms with Crippen molar-refractivity contribution in [2.75, 3.05) is 5.75 Å². The maximum Gasteiger partial charge on any atom is 0.304 e. The number of aliphatic carboxylic acids is 1. The van der Waals surface area contributed by atoms with Crippen LogP contribution in [0.15, 0.2) is 0 Å². The van der Waals surface area contributed by atoms with E-state index in [1.165, 1.54) is 6.42 Å². The van der Waals surface area contributed by atoms with Gasteiger partial charge in [0.15, 0.2) is 0 Å². The van der Waals surface area contributed by atoms with Gasteiger partial charge in [-0.25, -0.2) is 13.1 Å². The summed E-state index contributed by atoms with van der Waals surface area (Å²) in [5, 5.41) is 8.70. The first-order valence-electron chi connectivity index (χ1n) is 6.64. The number of carbonyl (C=O) groups is 1. The van der Waals surface area contributed by atoms with E-state index in [2.05, 4.69) is 4.72 Å². The van der Waals surface area contributed by atoms with E-state index >= 15 is 0 Å². The first-order valence-corrected chi connectivity index (χ1v) is 8.30. The minimum absolute atomic E-state index is 0.142. The number of rotatable bonds is 7. The minimum atomic E-state index is -3.35. The predicted molar refractivity (Wildman–Crippen MR) is 69.8 cm³/mol. The molecule has 0 aliphatic heterocycles. The second-order valence-electron chi connectivity index (χ2n) is 5.11. The zero-order chi connectivity index (χ0) is 13.6. The van der Waals surface area contributed by atoms with Crippen molar-refractivity contribution < 1.29 is 18.3 Å². The lowest BCUT2D eigenvalue weighted by Gasteiger charge is -2.23. The van der Waals surface area contributed by atoms with Gasteiger partial charge in [-0.3, -0.25) is 4.79 Å². The first-order chi connectivity index (χ1) is 8.43. The molecular weight excluding hydrogens is 254 g/mol. The van der Waals surface area contributed by atoms with Gasteiger partial charge in [-0.1, -0.05) is 26.2 Å². The highest BCUT2D eigenvalue weighted by atomic mass is 32.2. The molecule has 1 unspecified atom stereocenters. The fourth-order valence-electron chi connectivity index (χ4n) is 2.45. The average molecular weight is 277 g/mol. The molecule has 18 heavy (non-hydrogen) atoms. The van der Waals surface area contributed by atoms with Crippen LogP contribution >= 0.6 is 0 Å². The zero-order valence-corrected chi connectivity index (χ0v) is 11.7. The lowest BCUT2D eigenvalue weighted by molar-refractivity contribution is -0.137. The van der Waals surface area contributed by atoms with Crippen molar-refractivity contribution in [3.05, 3.63) is 0 Å². The van der Waals surface area contributed by atoms with Gasteiger partial charge in [-0.2, -0.15) is 0 Å². The number of carboxylic acids is 1. The molecule has 2 N–H and O–H groups in total. The molecule has 0 aromatic carbocycles. The second kappa shape index (κ2) is 7.09. The molecule has 5 nitrogen and oxygen atoms in total. The largest absolute Gasteiger partial charge is 0.481 e. The molecule has 0 aromatic rings. The molecule has 0 heterocycles. The van der Waals surface area contributed by atoms with Gasteiger partial charge in [-0.05, 0) is 25.2 Å². The topological polar surface area (TPSA) is 83.5 Å². The van der Waals surface area contributed by atoms with Crippen molar-refractivity contribution in [2.24, 2.45) is 5.92 Å². The van der Waals surface area contributed by atoms with Gasteiger partial charge in [0.05, 0.1) is 12.2 Å². The molecule has 0 bridgehead atoms. The summed E-state index contributed by atoms with van der Waals surface area (Å²) < 4.78 is 26.4. The molecule has 1 atom stereocenters.